The van der Waals surface area contributed by atoms with Gasteiger partial charge in [-0.15, -0.1) is 0 Å². The van der Waals surface area contributed by atoms with E-state index in [4.69, 9.17) is 5.11 Å². The predicted octanol–water partition coefficient (Wildman–Crippen LogP) is 4.84. The highest BCUT2D eigenvalue weighted by Crippen LogP contribution is 2.22. The van der Waals surface area contributed by atoms with Crippen LogP contribution in [-0.4, -0.2) is 41.9 Å². The van der Waals surface area contributed by atoms with Gasteiger partial charge in [-0.2, -0.15) is 0 Å². The molecule has 2 fully saturated rings. The summed E-state index contributed by atoms with van der Waals surface area (Å²) >= 11 is 0. The number of alkyl carbamates (subject to hydrolysis) is 1. The minimum Gasteiger partial charge on any atom is -0.480 e. The number of aliphatic carboxylic acids is 1. The monoisotopic (exact) mass is 430 g/mol. The molecule has 0 radical (unpaired) electrons. The molecule has 2 saturated carbocycles. The van der Waals surface area contributed by atoms with Crippen molar-refractivity contribution >= 4 is 12.1 Å². The van der Waals surface area contributed by atoms with Crippen molar-refractivity contribution in [2.24, 2.45) is 0 Å². The maximum Gasteiger partial charge on any atom is 0.408 e. The average Bonchev–Trinajstić information content (AvgIpc) is 2.80. The van der Waals surface area contributed by atoms with Gasteiger partial charge >= 0.3 is 12.1 Å². The second-order valence-electron chi connectivity index (χ2n) is 8.45. The first-order chi connectivity index (χ1) is 15.1. The van der Waals surface area contributed by atoms with E-state index in [1.165, 1.54) is 70.3 Å². The molecule has 0 heterocycles. The Labute approximate surface area is 186 Å². The molecule has 0 saturated heterocycles. The molecule has 0 aliphatic heterocycles. The first kappa shape index (κ1) is 24.9. The number of amides is 1. The lowest BCUT2D eigenvalue weighted by molar-refractivity contribution is -0.139. The van der Waals surface area contributed by atoms with Crippen LogP contribution in [0.15, 0.2) is 43.0 Å². The molecule has 6 nitrogen and oxygen atoms in total. The quantitative estimate of drug-likeness (QED) is 0.514. The maximum absolute atomic E-state index is 11.3. The van der Waals surface area contributed by atoms with Gasteiger partial charge in [-0.25, -0.2) is 9.59 Å². The number of ether oxygens (including phenoxy) is 1. The number of hydrogen-bond acceptors (Lipinski definition) is 4. The van der Waals surface area contributed by atoms with Crippen LogP contribution in [0.5, 0.6) is 0 Å². The van der Waals surface area contributed by atoms with E-state index in [0.29, 0.717) is 0 Å². The van der Waals surface area contributed by atoms with Crippen molar-refractivity contribution in [3.63, 3.8) is 0 Å². The number of nitrogens with one attached hydrogen (secondary N) is 2. The lowest BCUT2D eigenvalue weighted by atomic mass is 9.91. The molecule has 3 rings (SSSR count). The summed E-state index contributed by atoms with van der Waals surface area (Å²) in [5.74, 6) is -1.10. The van der Waals surface area contributed by atoms with Crippen LogP contribution in [0.3, 0.4) is 0 Å². The zero-order chi connectivity index (χ0) is 22.3. The van der Waals surface area contributed by atoms with Crippen LogP contribution in [0.25, 0.3) is 0 Å². The summed E-state index contributed by atoms with van der Waals surface area (Å²) in [4.78, 5) is 22.3. The van der Waals surface area contributed by atoms with Gasteiger partial charge in [-0.1, -0.05) is 81.5 Å². The average molecular weight is 431 g/mol. The normalized spacial score (nSPS) is 18.2. The van der Waals surface area contributed by atoms with Crippen molar-refractivity contribution in [2.45, 2.75) is 88.8 Å². The number of carbonyl (C=O) groups excluding carboxylic acids is 1. The number of hydrogen-bond donors (Lipinski definition) is 3. The molecule has 172 valence electrons. The summed E-state index contributed by atoms with van der Waals surface area (Å²) in [6.45, 7) is 3.44. The Hall–Kier alpha value is -2.34. The zero-order valence-corrected chi connectivity index (χ0v) is 18.6. The molecule has 2 aliphatic rings. The van der Waals surface area contributed by atoms with Crippen LogP contribution in [0.2, 0.25) is 0 Å². The predicted molar refractivity (Wildman–Crippen MR) is 123 cm³/mol. The van der Waals surface area contributed by atoms with Gasteiger partial charge in [0.15, 0.2) is 0 Å². The van der Waals surface area contributed by atoms with Crippen LogP contribution in [0, 0.1) is 0 Å². The SMILES string of the molecule is C1CCC(NC2CCCCC2)CC1.C=CCOC(=O)N[C@@H](Cc1ccccc1)C(=O)O. The fraction of sp³-hybridized carbons (Fsp3) is 0.600. The summed E-state index contributed by atoms with van der Waals surface area (Å²) in [6.07, 6.45) is 15.4. The summed E-state index contributed by atoms with van der Waals surface area (Å²) in [5, 5.41) is 15.2. The van der Waals surface area contributed by atoms with Gasteiger partial charge in [0.05, 0.1) is 0 Å². The van der Waals surface area contributed by atoms with Gasteiger partial charge in [0.2, 0.25) is 0 Å². The molecule has 6 heteroatoms. The smallest absolute Gasteiger partial charge is 0.408 e. The van der Waals surface area contributed by atoms with Crippen LogP contribution in [0.4, 0.5) is 4.79 Å². The van der Waals surface area contributed by atoms with E-state index >= 15 is 0 Å². The number of carbonyl (C=O) groups is 2. The van der Waals surface area contributed by atoms with Crippen LogP contribution < -0.4 is 10.6 Å². The first-order valence-corrected chi connectivity index (χ1v) is 11.7. The zero-order valence-electron chi connectivity index (χ0n) is 18.6. The van der Waals surface area contributed by atoms with Gasteiger partial charge in [0, 0.05) is 18.5 Å². The summed E-state index contributed by atoms with van der Waals surface area (Å²) < 4.78 is 4.68. The minimum atomic E-state index is -1.10. The van der Waals surface area contributed by atoms with Crippen LogP contribution in [-0.2, 0) is 16.0 Å². The molecule has 0 aromatic heterocycles. The van der Waals surface area contributed by atoms with E-state index in [2.05, 4.69) is 21.9 Å². The first-order valence-electron chi connectivity index (χ1n) is 11.7. The van der Waals surface area contributed by atoms with Crippen molar-refractivity contribution in [3.8, 4) is 0 Å². The Balaban J connectivity index is 0.000000231. The molecular formula is C25H38N2O4. The third-order valence-electron chi connectivity index (χ3n) is 5.89. The molecule has 2 aliphatic carbocycles. The lowest BCUT2D eigenvalue weighted by Gasteiger charge is -2.30. The number of carboxylic acid groups (broad SMARTS) is 1. The van der Waals surface area contributed by atoms with Gasteiger partial charge in [-0.3, -0.25) is 0 Å². The Morgan fingerprint density at radius 2 is 1.55 bits per heavy atom. The molecule has 0 spiro atoms. The van der Waals surface area contributed by atoms with Crippen molar-refractivity contribution < 1.29 is 19.4 Å². The van der Waals surface area contributed by atoms with Crippen LogP contribution >= 0.6 is 0 Å². The fourth-order valence-corrected chi connectivity index (χ4v) is 4.24. The van der Waals surface area contributed by atoms with E-state index in [1.807, 2.05) is 18.2 Å². The van der Waals surface area contributed by atoms with E-state index in [-0.39, 0.29) is 13.0 Å². The van der Waals surface area contributed by atoms with Gasteiger partial charge in [-0.05, 0) is 31.2 Å². The molecule has 1 amide bonds. The highest BCUT2D eigenvalue weighted by molar-refractivity contribution is 5.80. The van der Waals surface area contributed by atoms with Crippen molar-refractivity contribution in [1.29, 1.82) is 0 Å². The van der Waals surface area contributed by atoms with Crippen molar-refractivity contribution in [1.82, 2.24) is 10.6 Å². The molecule has 0 bridgehead atoms. The molecule has 1 atom stereocenters. The van der Waals surface area contributed by atoms with Gasteiger partial charge < -0.3 is 20.5 Å². The highest BCUT2D eigenvalue weighted by Gasteiger charge is 2.21. The summed E-state index contributed by atoms with van der Waals surface area (Å²) in [7, 11) is 0. The minimum absolute atomic E-state index is 0.0451. The van der Waals surface area contributed by atoms with Gasteiger partial charge in [0.25, 0.3) is 0 Å². The molecule has 31 heavy (non-hydrogen) atoms. The Kier molecular flexibility index (Phi) is 11.8. The molecular weight excluding hydrogens is 392 g/mol. The maximum atomic E-state index is 11.3. The summed E-state index contributed by atoms with van der Waals surface area (Å²) in [6, 6.07) is 9.79. The van der Waals surface area contributed by atoms with Gasteiger partial charge in [0.1, 0.15) is 12.6 Å². The molecule has 1 aromatic carbocycles. The number of carboxylic acids is 1. The second kappa shape index (κ2) is 14.6. The fourth-order valence-electron chi connectivity index (χ4n) is 4.24. The third-order valence-corrected chi connectivity index (χ3v) is 5.89. The Morgan fingerprint density at radius 1 is 1.00 bits per heavy atom. The summed E-state index contributed by atoms with van der Waals surface area (Å²) in [5.41, 5.74) is 0.828. The third kappa shape index (κ3) is 10.5. The lowest BCUT2D eigenvalue weighted by Crippen LogP contribution is -2.42. The second-order valence-corrected chi connectivity index (χ2v) is 8.45. The van der Waals surface area contributed by atoms with E-state index in [0.717, 1.165) is 17.6 Å². The van der Waals surface area contributed by atoms with Crippen LogP contribution in [0.1, 0.15) is 69.8 Å². The van der Waals surface area contributed by atoms with Crippen molar-refractivity contribution in [3.05, 3.63) is 48.6 Å². The standard InChI is InChI=1S/C13H15NO4.C12H23N/c1-2-8-18-13(17)14-11(12(15)16)9-10-6-4-3-5-7-10;1-3-7-11(8-4-1)13-12-9-5-2-6-10-12/h2-7,11H,1,8-9H2,(H,14,17)(H,15,16);11-13H,1-10H2/t11-;/m0./s1. The number of rotatable bonds is 8. The number of benzene rings is 1. The molecule has 3 N–H and O–H groups in total. The van der Waals surface area contributed by atoms with Crippen molar-refractivity contribution in [2.75, 3.05) is 6.61 Å². The molecule has 1 aromatic rings. The Morgan fingerprint density at radius 3 is 2.03 bits per heavy atom. The topological polar surface area (TPSA) is 87.7 Å². The van der Waals surface area contributed by atoms with E-state index in [1.54, 1.807) is 12.1 Å². The highest BCUT2D eigenvalue weighted by atomic mass is 16.5. The largest absolute Gasteiger partial charge is 0.480 e. The van der Waals surface area contributed by atoms with E-state index in [9.17, 15) is 9.59 Å². The Bertz CT molecular complexity index is 637. The van der Waals surface area contributed by atoms with E-state index < -0.39 is 18.1 Å². The molecule has 0 unspecified atom stereocenters.